The van der Waals surface area contributed by atoms with Crippen molar-refractivity contribution in [3.63, 3.8) is 0 Å². The van der Waals surface area contributed by atoms with E-state index in [0.29, 0.717) is 18.4 Å². The third-order valence-corrected chi connectivity index (χ3v) is 6.54. The van der Waals surface area contributed by atoms with E-state index in [1.54, 1.807) is 30.3 Å². The van der Waals surface area contributed by atoms with Gasteiger partial charge in [-0.3, -0.25) is 43.3 Å². The van der Waals surface area contributed by atoms with Crippen molar-refractivity contribution in [3.8, 4) is 0 Å². The van der Waals surface area contributed by atoms with Crippen LogP contribution in [0.4, 0.5) is 0 Å². The number of amides is 8. The fourth-order valence-electron chi connectivity index (χ4n) is 4.24. The normalized spacial score (nSPS) is 13.2. The Morgan fingerprint density at radius 2 is 1.33 bits per heavy atom. The van der Waals surface area contributed by atoms with Gasteiger partial charge in [0.2, 0.25) is 35.4 Å². The van der Waals surface area contributed by atoms with Crippen molar-refractivity contribution in [3.05, 3.63) is 48.0 Å². The molecule has 260 valence electrons. The second-order valence-corrected chi connectivity index (χ2v) is 10.4. The lowest BCUT2D eigenvalue weighted by Gasteiger charge is -2.19. The summed E-state index contributed by atoms with van der Waals surface area (Å²) in [5, 5.41) is 22.9. The minimum Gasteiger partial charge on any atom is -0.480 e. The zero-order valence-electron chi connectivity index (χ0n) is 26.2. The minimum absolute atomic E-state index is 0.0534. The summed E-state index contributed by atoms with van der Waals surface area (Å²) in [7, 11) is 0. The Hall–Kier alpha value is -5.65. The molecule has 18 heteroatoms. The van der Waals surface area contributed by atoms with Gasteiger partial charge in [0, 0.05) is 32.0 Å². The van der Waals surface area contributed by atoms with Gasteiger partial charge in [-0.15, -0.1) is 0 Å². The van der Waals surface area contributed by atoms with E-state index in [-0.39, 0.29) is 26.1 Å². The molecule has 1 unspecified atom stereocenters. The topological polar surface area (TPSA) is 259 Å². The fourth-order valence-corrected chi connectivity index (χ4v) is 4.24. The first kappa shape index (κ1) is 38.5. The Kier molecular flexibility index (Phi) is 16.4. The van der Waals surface area contributed by atoms with Crippen molar-refractivity contribution in [2.45, 2.75) is 44.7 Å². The molecule has 0 saturated heterocycles. The highest BCUT2D eigenvalue weighted by atomic mass is 16.5. The molecule has 0 aromatic heterocycles. The molecule has 2 atom stereocenters. The molecule has 0 fully saturated rings. The molecule has 7 N–H and O–H groups in total. The van der Waals surface area contributed by atoms with Crippen LogP contribution >= 0.6 is 0 Å². The van der Waals surface area contributed by atoms with Crippen molar-refractivity contribution in [2.24, 2.45) is 0 Å². The molecule has 1 aliphatic heterocycles. The zero-order chi connectivity index (χ0) is 35.5. The first-order chi connectivity index (χ1) is 22.8. The van der Waals surface area contributed by atoms with Gasteiger partial charge in [-0.25, -0.2) is 4.79 Å². The van der Waals surface area contributed by atoms with Crippen LogP contribution in [0, 0.1) is 0 Å². The average molecular weight is 674 g/mol. The lowest BCUT2D eigenvalue weighted by atomic mass is 10.1. The summed E-state index contributed by atoms with van der Waals surface area (Å²) in [6, 6.07) is 6.56. The molecule has 1 aromatic carbocycles. The van der Waals surface area contributed by atoms with Crippen LogP contribution in [0.2, 0.25) is 0 Å². The van der Waals surface area contributed by atoms with E-state index < -0.39 is 91.6 Å². The van der Waals surface area contributed by atoms with Gasteiger partial charge >= 0.3 is 5.97 Å². The summed E-state index contributed by atoms with van der Waals surface area (Å²) in [5.74, 6) is -6.04. The number of hydrogen-bond acceptors (Lipinski definition) is 10. The zero-order valence-corrected chi connectivity index (χ0v) is 26.2. The molecular weight excluding hydrogens is 634 g/mol. The molecule has 0 radical (unpaired) electrons. The maximum atomic E-state index is 12.8. The fraction of sp³-hybridized carbons (Fsp3) is 0.433. The van der Waals surface area contributed by atoms with E-state index in [1.807, 2.05) is 0 Å². The van der Waals surface area contributed by atoms with Gasteiger partial charge in [0.15, 0.2) is 0 Å². The molecule has 0 aliphatic carbocycles. The monoisotopic (exact) mass is 673 g/mol. The first-order valence-corrected chi connectivity index (χ1v) is 14.9. The number of carbonyl (C=O) groups excluding carboxylic acids is 8. The molecule has 2 rings (SSSR count). The third kappa shape index (κ3) is 15.1. The van der Waals surface area contributed by atoms with Crippen molar-refractivity contribution in [2.75, 3.05) is 39.5 Å². The maximum Gasteiger partial charge on any atom is 0.329 e. The molecule has 1 aromatic rings. The summed E-state index contributed by atoms with van der Waals surface area (Å²) in [4.78, 5) is 109. The maximum absolute atomic E-state index is 12.8. The third-order valence-electron chi connectivity index (χ3n) is 6.54. The SMILES string of the molecule is CC(=O)N[C@@H](CCCCN1C(=O)C=CC1=O)C(=O)NCC(=O)NCC(=O)NC(Cc1ccccc1)C(=O)NCC(=O)NCOCC(=O)O. The minimum atomic E-state index is -1.22. The smallest absolute Gasteiger partial charge is 0.329 e. The molecule has 0 saturated carbocycles. The molecule has 8 amide bonds. The number of carboxylic acid groups (broad SMARTS) is 1. The summed E-state index contributed by atoms with van der Waals surface area (Å²) < 4.78 is 4.70. The Morgan fingerprint density at radius 1 is 0.750 bits per heavy atom. The summed E-state index contributed by atoms with van der Waals surface area (Å²) in [5.41, 5.74) is 0.694. The second-order valence-electron chi connectivity index (χ2n) is 10.4. The number of carboxylic acids is 1. The Bertz CT molecular complexity index is 1370. The lowest BCUT2D eigenvalue weighted by molar-refractivity contribution is -0.143. The number of hydrogen-bond donors (Lipinski definition) is 7. The first-order valence-electron chi connectivity index (χ1n) is 14.9. The second kappa shape index (κ2) is 20.5. The lowest BCUT2D eigenvalue weighted by Crippen LogP contribution is -2.53. The standard InChI is InChI=1S/C30H39N7O11/c1-19(38)35-21(9-5-6-12-37-26(42)10-11-27(37)43)29(46)32-14-23(39)31-16-25(41)36-22(13-20-7-3-2-4-8-20)30(47)33-15-24(40)34-18-48-17-28(44)45/h2-4,7-8,10-11,21-22H,5-6,9,12-18H2,1H3,(H,31,39)(H,32,46)(H,33,47)(H,34,40)(H,35,38)(H,36,41)(H,44,45)/t21-,22?/m0/s1. The summed E-state index contributed by atoms with van der Waals surface area (Å²) >= 11 is 0. The van der Waals surface area contributed by atoms with E-state index in [9.17, 15) is 43.2 Å². The molecule has 18 nitrogen and oxygen atoms in total. The van der Waals surface area contributed by atoms with Crippen LogP contribution in [0.1, 0.15) is 31.7 Å². The Balaban J connectivity index is 1.81. The van der Waals surface area contributed by atoms with E-state index in [0.717, 1.165) is 4.90 Å². The highest BCUT2D eigenvalue weighted by Gasteiger charge is 2.25. The van der Waals surface area contributed by atoms with Crippen LogP contribution < -0.4 is 31.9 Å². The number of unbranched alkanes of at least 4 members (excludes halogenated alkanes) is 1. The van der Waals surface area contributed by atoms with E-state index in [4.69, 9.17) is 9.84 Å². The number of carbonyl (C=O) groups is 9. The number of aliphatic carboxylic acids is 1. The molecular formula is C30H39N7O11. The van der Waals surface area contributed by atoms with Crippen LogP contribution in [-0.4, -0.2) is 115 Å². The van der Waals surface area contributed by atoms with Gasteiger partial charge in [0.05, 0.1) is 19.6 Å². The van der Waals surface area contributed by atoms with Gasteiger partial charge in [-0.1, -0.05) is 30.3 Å². The number of nitrogens with zero attached hydrogens (tertiary/aromatic N) is 1. The van der Waals surface area contributed by atoms with Crippen molar-refractivity contribution < 1.29 is 53.0 Å². The molecule has 1 aliphatic rings. The number of nitrogens with one attached hydrogen (secondary N) is 6. The quantitative estimate of drug-likeness (QED) is 0.0389. The highest BCUT2D eigenvalue weighted by Crippen LogP contribution is 2.08. The molecule has 1 heterocycles. The average Bonchev–Trinajstić information content (AvgIpc) is 3.37. The van der Waals surface area contributed by atoms with Crippen molar-refractivity contribution in [1.82, 2.24) is 36.8 Å². The van der Waals surface area contributed by atoms with Crippen LogP contribution in [0.15, 0.2) is 42.5 Å². The summed E-state index contributed by atoms with van der Waals surface area (Å²) in [6.45, 7) is -1.19. The predicted octanol–water partition coefficient (Wildman–Crippen LogP) is -3.16. The van der Waals surface area contributed by atoms with Crippen LogP contribution in [-0.2, 0) is 54.3 Å². The largest absolute Gasteiger partial charge is 0.480 e. The van der Waals surface area contributed by atoms with Gasteiger partial charge in [-0.05, 0) is 24.8 Å². The molecule has 0 spiro atoms. The number of ether oxygens (including phenoxy) is 1. The van der Waals surface area contributed by atoms with Gasteiger partial charge < -0.3 is 41.7 Å². The molecule has 0 bridgehead atoms. The van der Waals surface area contributed by atoms with E-state index in [1.165, 1.54) is 19.1 Å². The number of rotatable bonds is 21. The molecule has 48 heavy (non-hydrogen) atoms. The Labute approximate surface area is 275 Å². The van der Waals surface area contributed by atoms with E-state index >= 15 is 0 Å². The number of benzene rings is 1. The van der Waals surface area contributed by atoms with Gasteiger partial charge in [0.25, 0.3) is 11.8 Å². The van der Waals surface area contributed by atoms with Crippen LogP contribution in [0.3, 0.4) is 0 Å². The van der Waals surface area contributed by atoms with Crippen molar-refractivity contribution >= 4 is 53.2 Å². The predicted molar refractivity (Wildman–Crippen MR) is 165 cm³/mol. The van der Waals surface area contributed by atoms with Crippen LogP contribution in [0.25, 0.3) is 0 Å². The van der Waals surface area contributed by atoms with Crippen LogP contribution in [0.5, 0.6) is 0 Å². The highest BCUT2D eigenvalue weighted by molar-refractivity contribution is 6.12. The van der Waals surface area contributed by atoms with Crippen molar-refractivity contribution in [1.29, 1.82) is 0 Å². The van der Waals surface area contributed by atoms with Gasteiger partial charge in [-0.2, -0.15) is 0 Å². The number of imide groups is 1. The van der Waals surface area contributed by atoms with E-state index in [2.05, 4.69) is 31.9 Å². The van der Waals surface area contributed by atoms with Gasteiger partial charge in [0.1, 0.15) is 25.4 Å². The summed E-state index contributed by atoms with van der Waals surface area (Å²) in [6.07, 6.45) is 3.33. The Morgan fingerprint density at radius 3 is 1.94 bits per heavy atom.